The number of ether oxygens (including phenoxy) is 1. The Kier molecular flexibility index (Phi) is 4.33. The van der Waals surface area contributed by atoms with E-state index in [1.807, 2.05) is 18.3 Å². The van der Waals surface area contributed by atoms with E-state index in [4.69, 9.17) is 4.74 Å². The third-order valence-corrected chi connectivity index (χ3v) is 4.42. The lowest BCUT2D eigenvalue weighted by Crippen LogP contribution is -2.14. The van der Waals surface area contributed by atoms with Crippen LogP contribution in [0.5, 0.6) is 5.75 Å². The SMILES string of the molecule is CCc1ccccc1OCc1ncc(CNC2CC2)s1. The number of nitrogens with one attached hydrogen (secondary N) is 1. The van der Waals surface area contributed by atoms with Gasteiger partial charge in [-0.1, -0.05) is 25.1 Å². The molecule has 0 saturated heterocycles. The normalized spacial score (nSPS) is 14.4. The van der Waals surface area contributed by atoms with E-state index in [1.54, 1.807) is 11.3 Å². The highest BCUT2D eigenvalue weighted by Gasteiger charge is 2.20. The average molecular weight is 288 g/mol. The topological polar surface area (TPSA) is 34.1 Å². The van der Waals surface area contributed by atoms with Crippen LogP contribution in [0.2, 0.25) is 0 Å². The van der Waals surface area contributed by atoms with Crippen LogP contribution >= 0.6 is 11.3 Å². The van der Waals surface area contributed by atoms with Crippen molar-refractivity contribution in [1.82, 2.24) is 10.3 Å². The van der Waals surface area contributed by atoms with E-state index < -0.39 is 0 Å². The van der Waals surface area contributed by atoms with Gasteiger partial charge in [-0.25, -0.2) is 4.98 Å². The lowest BCUT2D eigenvalue weighted by Gasteiger charge is -2.08. The number of para-hydroxylation sites is 1. The summed E-state index contributed by atoms with van der Waals surface area (Å²) >= 11 is 1.74. The van der Waals surface area contributed by atoms with Crippen LogP contribution in [0.25, 0.3) is 0 Å². The summed E-state index contributed by atoms with van der Waals surface area (Å²) in [6, 6.07) is 8.95. The zero-order chi connectivity index (χ0) is 13.8. The van der Waals surface area contributed by atoms with Crippen molar-refractivity contribution in [3.8, 4) is 5.75 Å². The van der Waals surface area contributed by atoms with Gasteiger partial charge in [0.2, 0.25) is 0 Å². The van der Waals surface area contributed by atoms with Gasteiger partial charge >= 0.3 is 0 Å². The number of thiazole rings is 1. The van der Waals surface area contributed by atoms with Gasteiger partial charge in [0.15, 0.2) is 0 Å². The van der Waals surface area contributed by atoms with Crippen molar-refractivity contribution >= 4 is 11.3 Å². The molecule has 0 amide bonds. The number of nitrogens with zero attached hydrogens (tertiary/aromatic N) is 1. The minimum absolute atomic E-state index is 0.561. The minimum Gasteiger partial charge on any atom is -0.486 e. The molecule has 0 atom stereocenters. The molecule has 1 fully saturated rings. The molecule has 106 valence electrons. The first kappa shape index (κ1) is 13.6. The summed E-state index contributed by atoms with van der Waals surface area (Å²) in [5.41, 5.74) is 1.25. The van der Waals surface area contributed by atoms with Crippen molar-refractivity contribution in [1.29, 1.82) is 0 Å². The third-order valence-electron chi connectivity index (χ3n) is 3.45. The van der Waals surface area contributed by atoms with E-state index in [1.165, 1.54) is 23.3 Å². The number of hydrogen-bond donors (Lipinski definition) is 1. The van der Waals surface area contributed by atoms with Crippen LogP contribution in [0.1, 0.15) is 35.2 Å². The molecule has 3 nitrogen and oxygen atoms in total. The Morgan fingerprint density at radius 3 is 3.00 bits per heavy atom. The van der Waals surface area contributed by atoms with Crippen molar-refractivity contribution in [3.05, 3.63) is 45.9 Å². The van der Waals surface area contributed by atoms with Gasteiger partial charge in [0, 0.05) is 23.7 Å². The molecular weight excluding hydrogens is 268 g/mol. The number of aryl methyl sites for hydroxylation is 1. The summed E-state index contributed by atoms with van der Waals surface area (Å²) in [6.45, 7) is 3.65. The molecule has 4 heteroatoms. The van der Waals surface area contributed by atoms with Crippen LogP contribution in [0, 0.1) is 0 Å². The zero-order valence-corrected chi connectivity index (χ0v) is 12.6. The lowest BCUT2D eigenvalue weighted by molar-refractivity contribution is 0.302. The Bertz CT molecular complexity index is 563. The van der Waals surface area contributed by atoms with E-state index >= 15 is 0 Å². The van der Waals surface area contributed by atoms with Crippen LogP contribution in [0.3, 0.4) is 0 Å². The second-order valence-corrected chi connectivity index (χ2v) is 6.33. The smallest absolute Gasteiger partial charge is 0.140 e. The van der Waals surface area contributed by atoms with E-state index in [0.717, 1.165) is 29.8 Å². The van der Waals surface area contributed by atoms with Gasteiger partial charge in [-0.2, -0.15) is 0 Å². The minimum atomic E-state index is 0.561. The van der Waals surface area contributed by atoms with E-state index in [9.17, 15) is 0 Å². The van der Waals surface area contributed by atoms with Gasteiger partial charge in [0.1, 0.15) is 17.4 Å². The molecule has 20 heavy (non-hydrogen) atoms. The van der Waals surface area contributed by atoms with Crippen LogP contribution in [-0.2, 0) is 19.6 Å². The molecule has 1 aliphatic carbocycles. The first-order valence-electron chi connectivity index (χ1n) is 7.23. The molecule has 1 aliphatic rings. The summed E-state index contributed by atoms with van der Waals surface area (Å²) < 4.78 is 5.89. The molecule has 0 aliphatic heterocycles. The number of aromatic nitrogens is 1. The Labute approximate surface area is 124 Å². The standard InChI is InChI=1S/C16H20N2OS/c1-2-12-5-3-4-6-15(12)19-11-16-18-10-14(20-16)9-17-13-7-8-13/h3-6,10,13,17H,2,7-9,11H2,1H3. The lowest BCUT2D eigenvalue weighted by atomic mass is 10.1. The molecule has 1 aromatic heterocycles. The van der Waals surface area contributed by atoms with Crippen molar-refractivity contribution in [2.45, 2.75) is 45.4 Å². The van der Waals surface area contributed by atoms with E-state index in [0.29, 0.717) is 6.61 Å². The molecule has 1 saturated carbocycles. The van der Waals surface area contributed by atoms with E-state index in [-0.39, 0.29) is 0 Å². The highest BCUT2D eigenvalue weighted by atomic mass is 32.1. The first-order valence-corrected chi connectivity index (χ1v) is 8.04. The zero-order valence-electron chi connectivity index (χ0n) is 11.8. The molecule has 1 N–H and O–H groups in total. The largest absolute Gasteiger partial charge is 0.486 e. The Hall–Kier alpha value is -1.39. The number of rotatable bonds is 7. The first-order chi connectivity index (χ1) is 9.85. The van der Waals surface area contributed by atoms with Crippen LogP contribution in [-0.4, -0.2) is 11.0 Å². The van der Waals surface area contributed by atoms with Crippen molar-refractivity contribution in [2.24, 2.45) is 0 Å². The maximum Gasteiger partial charge on any atom is 0.140 e. The number of hydrogen-bond acceptors (Lipinski definition) is 4. The van der Waals surface area contributed by atoms with Gasteiger partial charge in [-0.05, 0) is 30.9 Å². The average Bonchev–Trinajstić information content (AvgIpc) is 3.21. The molecule has 1 aromatic carbocycles. The molecule has 1 heterocycles. The van der Waals surface area contributed by atoms with Crippen LogP contribution in [0.4, 0.5) is 0 Å². The molecule has 0 bridgehead atoms. The van der Waals surface area contributed by atoms with Crippen molar-refractivity contribution in [2.75, 3.05) is 0 Å². The molecular formula is C16H20N2OS. The Morgan fingerprint density at radius 2 is 2.20 bits per heavy atom. The summed E-state index contributed by atoms with van der Waals surface area (Å²) in [5.74, 6) is 0.975. The fourth-order valence-electron chi connectivity index (χ4n) is 2.11. The van der Waals surface area contributed by atoms with Crippen molar-refractivity contribution in [3.63, 3.8) is 0 Å². The second kappa shape index (κ2) is 6.37. The summed E-state index contributed by atoms with van der Waals surface area (Å²) in [7, 11) is 0. The quantitative estimate of drug-likeness (QED) is 0.846. The molecule has 3 rings (SSSR count). The second-order valence-electron chi connectivity index (χ2n) is 5.13. The van der Waals surface area contributed by atoms with Gasteiger partial charge in [0.25, 0.3) is 0 Å². The monoisotopic (exact) mass is 288 g/mol. The van der Waals surface area contributed by atoms with E-state index in [2.05, 4.69) is 29.4 Å². The molecule has 0 unspecified atom stereocenters. The van der Waals surface area contributed by atoms with Gasteiger partial charge in [-0.3, -0.25) is 0 Å². The Balaban J connectivity index is 1.54. The maximum atomic E-state index is 5.89. The van der Waals surface area contributed by atoms with Gasteiger partial charge < -0.3 is 10.1 Å². The Morgan fingerprint density at radius 1 is 1.35 bits per heavy atom. The van der Waals surface area contributed by atoms with Gasteiger partial charge in [-0.15, -0.1) is 11.3 Å². The highest BCUT2D eigenvalue weighted by Crippen LogP contribution is 2.23. The van der Waals surface area contributed by atoms with Crippen LogP contribution < -0.4 is 10.1 Å². The summed E-state index contributed by atoms with van der Waals surface area (Å²) in [6.07, 6.45) is 5.60. The van der Waals surface area contributed by atoms with Crippen molar-refractivity contribution < 1.29 is 4.74 Å². The predicted octanol–water partition coefficient (Wildman–Crippen LogP) is 3.54. The van der Waals surface area contributed by atoms with Gasteiger partial charge in [0.05, 0.1) is 0 Å². The molecule has 0 spiro atoms. The molecule has 2 aromatic rings. The highest BCUT2D eigenvalue weighted by molar-refractivity contribution is 7.11. The summed E-state index contributed by atoms with van der Waals surface area (Å²) in [4.78, 5) is 5.73. The summed E-state index contributed by atoms with van der Waals surface area (Å²) in [5, 5.41) is 4.55. The third kappa shape index (κ3) is 3.58. The number of benzene rings is 1. The fourth-order valence-corrected chi connectivity index (χ4v) is 2.89. The maximum absolute atomic E-state index is 5.89. The fraction of sp³-hybridized carbons (Fsp3) is 0.438. The van der Waals surface area contributed by atoms with Crippen LogP contribution in [0.15, 0.2) is 30.5 Å². The molecule has 0 radical (unpaired) electrons. The predicted molar refractivity (Wildman–Crippen MR) is 82.1 cm³/mol.